The number of carbonyl (C=O) groups is 1. The van der Waals surface area contributed by atoms with Gasteiger partial charge < -0.3 is 19.1 Å². The van der Waals surface area contributed by atoms with Crippen molar-refractivity contribution in [2.45, 2.75) is 26.9 Å². The molecule has 5 nitrogen and oxygen atoms in total. The molecule has 0 fully saturated rings. The first-order chi connectivity index (χ1) is 12.6. The van der Waals surface area contributed by atoms with Gasteiger partial charge in [-0.1, -0.05) is 22.0 Å². The SMILES string of the molecule is CCOc1ccc(CN2Cc3cc(Br)ccc3OCC2=O)cc1OCC. The molecule has 2 aromatic rings. The van der Waals surface area contributed by atoms with Crippen molar-refractivity contribution >= 4 is 21.8 Å². The van der Waals surface area contributed by atoms with E-state index >= 15 is 0 Å². The summed E-state index contributed by atoms with van der Waals surface area (Å²) < 4.78 is 17.9. The number of hydrogen-bond acceptors (Lipinski definition) is 4. The minimum atomic E-state index is -0.0378. The van der Waals surface area contributed by atoms with Gasteiger partial charge in [-0.25, -0.2) is 0 Å². The zero-order valence-corrected chi connectivity index (χ0v) is 16.5. The second kappa shape index (κ2) is 8.45. The zero-order valence-electron chi connectivity index (χ0n) is 15.0. The van der Waals surface area contributed by atoms with Crippen molar-refractivity contribution in [1.82, 2.24) is 4.90 Å². The number of amides is 1. The molecule has 0 N–H and O–H groups in total. The van der Waals surface area contributed by atoms with Crippen LogP contribution in [0.4, 0.5) is 0 Å². The van der Waals surface area contributed by atoms with Crippen molar-refractivity contribution in [3.05, 3.63) is 52.0 Å². The Morgan fingerprint density at radius 2 is 1.85 bits per heavy atom. The Labute approximate surface area is 162 Å². The molecule has 0 bridgehead atoms. The third-order valence-electron chi connectivity index (χ3n) is 4.07. The summed E-state index contributed by atoms with van der Waals surface area (Å²) in [7, 11) is 0. The van der Waals surface area contributed by atoms with Crippen LogP contribution in [-0.4, -0.2) is 30.6 Å². The van der Waals surface area contributed by atoms with Gasteiger partial charge in [-0.3, -0.25) is 4.79 Å². The molecule has 6 heteroatoms. The Bertz CT molecular complexity index is 793. The maximum atomic E-state index is 12.5. The maximum absolute atomic E-state index is 12.5. The van der Waals surface area contributed by atoms with Gasteiger partial charge in [-0.2, -0.15) is 0 Å². The van der Waals surface area contributed by atoms with Crippen LogP contribution in [0.3, 0.4) is 0 Å². The summed E-state index contributed by atoms with van der Waals surface area (Å²) in [5.74, 6) is 2.14. The first-order valence-corrected chi connectivity index (χ1v) is 9.47. The Morgan fingerprint density at radius 3 is 2.62 bits per heavy atom. The lowest BCUT2D eigenvalue weighted by atomic mass is 10.1. The molecule has 0 spiro atoms. The van der Waals surface area contributed by atoms with E-state index < -0.39 is 0 Å². The molecule has 1 amide bonds. The number of rotatable bonds is 6. The number of hydrogen-bond donors (Lipinski definition) is 0. The van der Waals surface area contributed by atoms with Gasteiger partial charge in [0.15, 0.2) is 18.1 Å². The van der Waals surface area contributed by atoms with Crippen LogP contribution in [-0.2, 0) is 17.9 Å². The lowest BCUT2D eigenvalue weighted by Crippen LogP contribution is -2.31. The molecule has 0 aliphatic carbocycles. The second-order valence-corrected chi connectivity index (χ2v) is 6.85. The number of halogens is 1. The number of fused-ring (bicyclic) bond motifs is 1. The third kappa shape index (κ3) is 4.30. The van der Waals surface area contributed by atoms with Gasteiger partial charge in [0.1, 0.15) is 5.75 Å². The minimum absolute atomic E-state index is 0.0378. The smallest absolute Gasteiger partial charge is 0.261 e. The first kappa shape index (κ1) is 18.6. The summed E-state index contributed by atoms with van der Waals surface area (Å²) in [4.78, 5) is 14.3. The summed E-state index contributed by atoms with van der Waals surface area (Å²) in [6.45, 7) is 6.05. The molecule has 0 aromatic heterocycles. The Balaban J connectivity index is 1.82. The van der Waals surface area contributed by atoms with Gasteiger partial charge in [0.25, 0.3) is 5.91 Å². The molecule has 1 heterocycles. The highest BCUT2D eigenvalue weighted by Gasteiger charge is 2.22. The van der Waals surface area contributed by atoms with Crippen molar-refractivity contribution in [2.24, 2.45) is 0 Å². The van der Waals surface area contributed by atoms with Crippen LogP contribution in [0.15, 0.2) is 40.9 Å². The van der Waals surface area contributed by atoms with E-state index in [1.807, 2.05) is 50.2 Å². The predicted octanol–water partition coefficient (Wildman–Crippen LogP) is 4.17. The van der Waals surface area contributed by atoms with E-state index in [1.165, 1.54) is 0 Å². The average molecular weight is 420 g/mol. The molecule has 138 valence electrons. The molecule has 1 aliphatic heterocycles. The number of ether oxygens (including phenoxy) is 3. The topological polar surface area (TPSA) is 48.0 Å². The molecular formula is C20H22BrNO4. The number of nitrogens with zero attached hydrogens (tertiary/aromatic N) is 1. The molecule has 0 saturated heterocycles. The van der Waals surface area contributed by atoms with E-state index in [1.54, 1.807) is 4.90 Å². The first-order valence-electron chi connectivity index (χ1n) is 8.68. The molecule has 1 aliphatic rings. The fourth-order valence-electron chi connectivity index (χ4n) is 2.90. The molecular weight excluding hydrogens is 398 g/mol. The fourth-order valence-corrected chi connectivity index (χ4v) is 3.30. The monoisotopic (exact) mass is 419 g/mol. The second-order valence-electron chi connectivity index (χ2n) is 5.94. The Kier molecular flexibility index (Phi) is 6.04. The zero-order chi connectivity index (χ0) is 18.5. The van der Waals surface area contributed by atoms with Crippen LogP contribution in [0.25, 0.3) is 0 Å². The number of carbonyl (C=O) groups excluding carboxylic acids is 1. The van der Waals surface area contributed by atoms with Crippen molar-refractivity contribution in [3.8, 4) is 17.2 Å². The van der Waals surface area contributed by atoms with Crippen molar-refractivity contribution < 1.29 is 19.0 Å². The molecule has 0 radical (unpaired) electrons. The summed E-state index contributed by atoms with van der Waals surface area (Å²) in [6.07, 6.45) is 0. The van der Waals surface area contributed by atoms with Gasteiger partial charge in [-0.05, 0) is 49.7 Å². The molecule has 26 heavy (non-hydrogen) atoms. The molecule has 0 unspecified atom stereocenters. The lowest BCUT2D eigenvalue weighted by Gasteiger charge is -2.21. The summed E-state index contributed by atoms with van der Waals surface area (Å²) in [6, 6.07) is 11.6. The minimum Gasteiger partial charge on any atom is -0.490 e. The van der Waals surface area contributed by atoms with Gasteiger partial charge >= 0.3 is 0 Å². The van der Waals surface area contributed by atoms with Gasteiger partial charge in [0.2, 0.25) is 0 Å². The largest absolute Gasteiger partial charge is 0.490 e. The average Bonchev–Trinajstić information content (AvgIpc) is 2.77. The van der Waals surface area contributed by atoms with E-state index in [9.17, 15) is 4.79 Å². The van der Waals surface area contributed by atoms with Crippen LogP contribution in [0.1, 0.15) is 25.0 Å². The van der Waals surface area contributed by atoms with Crippen molar-refractivity contribution in [3.63, 3.8) is 0 Å². The quantitative estimate of drug-likeness (QED) is 0.704. The van der Waals surface area contributed by atoms with Crippen LogP contribution in [0, 0.1) is 0 Å². The van der Waals surface area contributed by atoms with Crippen molar-refractivity contribution in [2.75, 3.05) is 19.8 Å². The van der Waals surface area contributed by atoms with E-state index in [0.717, 1.165) is 27.1 Å². The van der Waals surface area contributed by atoms with Crippen molar-refractivity contribution in [1.29, 1.82) is 0 Å². The lowest BCUT2D eigenvalue weighted by molar-refractivity contribution is -0.133. The van der Waals surface area contributed by atoms with E-state index in [0.29, 0.717) is 32.1 Å². The molecule has 0 atom stereocenters. The third-order valence-corrected chi connectivity index (χ3v) is 4.56. The van der Waals surface area contributed by atoms with Gasteiger partial charge in [0, 0.05) is 23.1 Å². The van der Waals surface area contributed by atoms with Crippen LogP contribution >= 0.6 is 15.9 Å². The highest BCUT2D eigenvalue weighted by atomic mass is 79.9. The van der Waals surface area contributed by atoms with Crippen LogP contribution in [0.5, 0.6) is 17.2 Å². The molecule has 2 aromatic carbocycles. The summed E-state index contributed by atoms with van der Waals surface area (Å²) >= 11 is 3.48. The van der Waals surface area contributed by atoms with E-state index in [-0.39, 0.29) is 12.5 Å². The number of benzene rings is 2. The summed E-state index contributed by atoms with van der Waals surface area (Å²) in [5.41, 5.74) is 1.98. The predicted molar refractivity (Wildman–Crippen MR) is 103 cm³/mol. The summed E-state index contributed by atoms with van der Waals surface area (Å²) in [5, 5.41) is 0. The van der Waals surface area contributed by atoms with Gasteiger partial charge in [-0.15, -0.1) is 0 Å². The van der Waals surface area contributed by atoms with E-state index in [2.05, 4.69) is 15.9 Å². The maximum Gasteiger partial charge on any atom is 0.261 e. The molecule has 3 rings (SSSR count). The Morgan fingerprint density at radius 1 is 1.08 bits per heavy atom. The van der Waals surface area contributed by atoms with Gasteiger partial charge in [0.05, 0.1) is 13.2 Å². The van der Waals surface area contributed by atoms with Crippen LogP contribution in [0.2, 0.25) is 0 Å². The highest BCUT2D eigenvalue weighted by molar-refractivity contribution is 9.10. The fraction of sp³-hybridized carbons (Fsp3) is 0.350. The molecule has 0 saturated carbocycles. The standard InChI is InChI=1S/C20H22BrNO4/c1-3-24-18-7-5-14(9-19(18)25-4-2)11-22-12-15-10-16(21)6-8-17(15)26-13-20(22)23/h5-10H,3-4,11-13H2,1-2H3. The highest BCUT2D eigenvalue weighted by Crippen LogP contribution is 2.31. The Hall–Kier alpha value is -2.21. The normalized spacial score (nSPS) is 13.7. The van der Waals surface area contributed by atoms with Crippen LogP contribution < -0.4 is 14.2 Å². The van der Waals surface area contributed by atoms with E-state index in [4.69, 9.17) is 14.2 Å².